The smallest absolute Gasteiger partial charge is 0.379 e. The highest BCUT2D eigenvalue weighted by Gasteiger charge is 2.43. The van der Waals surface area contributed by atoms with Gasteiger partial charge in [0.15, 0.2) is 5.58 Å². The second kappa shape index (κ2) is 11.2. The van der Waals surface area contributed by atoms with Gasteiger partial charge in [-0.05, 0) is 61.5 Å². The predicted octanol–water partition coefficient (Wildman–Crippen LogP) is 3.38. The second-order valence-corrected chi connectivity index (χ2v) is 10.7. The number of aliphatic hydroxyl groups is 3. The van der Waals surface area contributed by atoms with Crippen LogP contribution in [0.25, 0.3) is 44.0 Å². The van der Waals surface area contributed by atoms with Crippen molar-refractivity contribution in [3.05, 3.63) is 104 Å². The van der Waals surface area contributed by atoms with E-state index in [0.29, 0.717) is 10.8 Å². The van der Waals surface area contributed by atoms with Crippen molar-refractivity contribution >= 4 is 32.9 Å². The normalized spacial score (nSPS) is 21.5. The summed E-state index contributed by atoms with van der Waals surface area (Å²) in [4.78, 5) is 37.3. The molecule has 1 aliphatic heterocycles. The third kappa shape index (κ3) is 5.06. The molecule has 4 heterocycles. The number of benzene rings is 3. The molecule has 0 radical (unpaired) electrons. The van der Waals surface area contributed by atoms with E-state index in [9.17, 15) is 34.8 Å². The van der Waals surface area contributed by atoms with E-state index >= 15 is 0 Å². The van der Waals surface area contributed by atoms with Gasteiger partial charge in [-0.15, -0.1) is 0 Å². The molecule has 4 N–H and O–H groups in total. The molecule has 1 fully saturated rings. The van der Waals surface area contributed by atoms with Crippen molar-refractivity contribution in [2.45, 2.75) is 37.6 Å². The molecule has 0 unspecified atom stereocenters. The molecule has 0 saturated carbocycles. The molecule has 234 valence electrons. The Morgan fingerprint density at radius 2 is 1.33 bits per heavy atom. The van der Waals surface area contributed by atoms with Gasteiger partial charge < -0.3 is 47.9 Å². The van der Waals surface area contributed by atoms with E-state index in [4.69, 9.17) is 27.5 Å². The quantitative estimate of drug-likeness (QED) is 0.203. The number of phenolic OH excluding ortho intramolecular Hbond substituents is 1. The van der Waals surface area contributed by atoms with Gasteiger partial charge in [0, 0.05) is 34.4 Å². The molecule has 46 heavy (non-hydrogen) atoms. The highest BCUT2D eigenvalue weighted by atomic mass is 16.7. The fourth-order valence-electron chi connectivity index (χ4n) is 5.38. The van der Waals surface area contributed by atoms with Crippen molar-refractivity contribution < 1.29 is 47.9 Å². The van der Waals surface area contributed by atoms with E-state index in [0.717, 1.165) is 0 Å². The molecule has 7 rings (SSSR count). The van der Waals surface area contributed by atoms with Crippen LogP contribution in [-0.2, 0) is 4.74 Å². The summed E-state index contributed by atoms with van der Waals surface area (Å²) < 4.78 is 33.8. The number of fused-ring (bicyclic) bond motifs is 3. The summed E-state index contributed by atoms with van der Waals surface area (Å²) in [6.45, 7) is 1.48. The molecule has 0 amide bonds. The monoisotopic (exact) mass is 628 g/mol. The zero-order valence-electron chi connectivity index (χ0n) is 23.8. The summed E-state index contributed by atoms with van der Waals surface area (Å²) in [6.07, 6.45) is -7.08. The van der Waals surface area contributed by atoms with Gasteiger partial charge in [-0.25, -0.2) is 14.4 Å². The third-order valence-electron chi connectivity index (χ3n) is 7.72. The van der Waals surface area contributed by atoms with E-state index in [2.05, 4.69) is 0 Å². The molecule has 1 aliphatic rings. The van der Waals surface area contributed by atoms with E-state index in [1.807, 2.05) is 0 Å². The first kappa shape index (κ1) is 29.3. The molecule has 1 saturated heterocycles. The van der Waals surface area contributed by atoms with Crippen LogP contribution < -0.4 is 26.4 Å². The van der Waals surface area contributed by atoms with E-state index in [-0.39, 0.29) is 56.3 Å². The molecule has 0 spiro atoms. The minimum Gasteiger partial charge on any atom is -0.507 e. The lowest BCUT2D eigenvalue weighted by atomic mass is 9.97. The first-order valence-electron chi connectivity index (χ1n) is 14.0. The number of rotatable bonds is 5. The van der Waals surface area contributed by atoms with Gasteiger partial charge in [0.05, 0.1) is 17.2 Å². The van der Waals surface area contributed by atoms with Crippen molar-refractivity contribution in [3.63, 3.8) is 0 Å². The molecule has 0 bridgehead atoms. The van der Waals surface area contributed by atoms with Crippen LogP contribution in [0.4, 0.5) is 0 Å². The molecular weight excluding hydrogens is 604 g/mol. The van der Waals surface area contributed by atoms with Crippen LogP contribution in [0.5, 0.6) is 23.0 Å². The first-order chi connectivity index (χ1) is 22.1. The third-order valence-corrected chi connectivity index (χ3v) is 7.72. The topological polar surface area (TPSA) is 199 Å². The second-order valence-electron chi connectivity index (χ2n) is 10.7. The largest absolute Gasteiger partial charge is 0.507 e. The molecule has 3 aromatic heterocycles. The van der Waals surface area contributed by atoms with Crippen LogP contribution in [0.3, 0.4) is 0 Å². The number of phenols is 1. The minimum atomic E-state index is -1.68. The van der Waals surface area contributed by atoms with Crippen molar-refractivity contribution in [2.24, 2.45) is 0 Å². The van der Waals surface area contributed by atoms with Crippen LogP contribution >= 0.6 is 0 Å². The van der Waals surface area contributed by atoms with E-state index < -0.39 is 47.6 Å². The Labute approximate surface area is 256 Å². The Morgan fingerprint density at radius 3 is 2.13 bits per heavy atom. The van der Waals surface area contributed by atoms with Crippen LogP contribution in [0, 0.1) is 0 Å². The minimum absolute atomic E-state index is 0.0243. The highest BCUT2D eigenvalue weighted by molar-refractivity contribution is 6.05. The zero-order valence-corrected chi connectivity index (χ0v) is 23.8. The Hall–Kier alpha value is -5.47. The lowest BCUT2D eigenvalue weighted by Gasteiger charge is -2.39. The molecule has 13 heteroatoms. The van der Waals surface area contributed by atoms with Crippen LogP contribution in [-0.4, -0.2) is 51.1 Å². The van der Waals surface area contributed by atoms with Crippen LogP contribution in [0.1, 0.15) is 6.92 Å². The van der Waals surface area contributed by atoms with Crippen molar-refractivity contribution in [2.75, 3.05) is 0 Å². The summed E-state index contributed by atoms with van der Waals surface area (Å²) >= 11 is 0. The maximum absolute atomic E-state index is 13.3. The average molecular weight is 629 g/mol. The number of hydrogen-bond acceptors (Lipinski definition) is 13. The molecular formula is C33H24O13. The number of aliphatic hydroxyl groups excluding tert-OH is 3. The molecule has 0 aliphatic carbocycles. The Balaban J connectivity index is 1.37. The van der Waals surface area contributed by atoms with Gasteiger partial charge in [0.2, 0.25) is 12.0 Å². The zero-order chi connectivity index (χ0) is 32.3. The average Bonchev–Trinajstić information content (AvgIpc) is 3.03. The predicted molar refractivity (Wildman–Crippen MR) is 161 cm³/mol. The highest BCUT2D eigenvalue weighted by Crippen LogP contribution is 2.45. The van der Waals surface area contributed by atoms with Gasteiger partial charge in [-0.3, -0.25) is 0 Å². The number of hydrogen-bond donors (Lipinski definition) is 4. The van der Waals surface area contributed by atoms with Gasteiger partial charge >= 0.3 is 16.9 Å². The summed E-state index contributed by atoms with van der Waals surface area (Å²) in [5.74, 6) is -0.494. The molecule has 3 aromatic carbocycles. The maximum atomic E-state index is 13.3. The number of aromatic hydroxyl groups is 1. The van der Waals surface area contributed by atoms with Crippen LogP contribution in [0.15, 0.2) is 100 Å². The number of ether oxygens (including phenoxy) is 3. The molecule has 13 nitrogen and oxygen atoms in total. The lowest BCUT2D eigenvalue weighted by molar-refractivity contribution is -0.268. The Kier molecular flexibility index (Phi) is 7.09. The van der Waals surface area contributed by atoms with Crippen molar-refractivity contribution in [3.8, 4) is 34.1 Å². The SMILES string of the molecule is C[C@H]1O[C@@H](Oc2ccc3ccc(=O)oc3c2-c2c(O)ccc3cc(Oc4ccc5ccc(=O)oc5c4)c(=O)oc23)[C@H](O)[C@@H](O)[C@H]1O. The fourth-order valence-corrected chi connectivity index (χ4v) is 5.38. The lowest BCUT2D eigenvalue weighted by Crippen LogP contribution is -2.58. The van der Waals surface area contributed by atoms with Crippen molar-refractivity contribution in [1.82, 2.24) is 0 Å². The van der Waals surface area contributed by atoms with E-state index in [1.54, 1.807) is 24.3 Å². The summed E-state index contributed by atoms with van der Waals surface area (Å²) in [6, 6.07) is 17.4. The maximum Gasteiger partial charge on any atom is 0.379 e. The van der Waals surface area contributed by atoms with Gasteiger partial charge in [-0.1, -0.05) is 0 Å². The standard InChI is InChI=1S/C33H24O13/c1-14-27(37)28(38)29(39)33(41-14)44-20-9-4-16-6-11-24(36)45-30(16)26(20)25-19(34)8-3-17-12-22(32(40)46-31(17)25)42-18-7-2-15-5-10-23(35)43-21(15)13-18/h2-14,27-29,33-34,37-39H,1H3/t14-,27+,28+,29-,33+/m1/s1. The van der Waals surface area contributed by atoms with E-state index in [1.165, 1.54) is 55.5 Å². The van der Waals surface area contributed by atoms with Gasteiger partial charge in [-0.2, -0.15) is 0 Å². The van der Waals surface area contributed by atoms with Gasteiger partial charge in [0.25, 0.3) is 0 Å². The van der Waals surface area contributed by atoms with Crippen molar-refractivity contribution in [1.29, 1.82) is 0 Å². The fraction of sp³-hybridized carbons (Fsp3) is 0.182. The summed E-state index contributed by atoms with van der Waals surface area (Å²) in [5.41, 5.74) is -2.26. The van der Waals surface area contributed by atoms with Crippen LogP contribution in [0.2, 0.25) is 0 Å². The molecule has 6 aromatic rings. The summed E-state index contributed by atoms with van der Waals surface area (Å²) in [7, 11) is 0. The molecule has 5 atom stereocenters. The summed E-state index contributed by atoms with van der Waals surface area (Å²) in [5, 5.41) is 43.6. The Morgan fingerprint density at radius 1 is 0.652 bits per heavy atom. The van der Waals surface area contributed by atoms with Gasteiger partial charge in [0.1, 0.15) is 46.7 Å². The first-order valence-corrected chi connectivity index (χ1v) is 14.0. The Bertz CT molecular complexity index is 2320.